The van der Waals surface area contributed by atoms with E-state index in [0.717, 1.165) is 17.5 Å². The molecule has 2 aromatic heterocycles. The highest BCUT2D eigenvalue weighted by Gasteiger charge is 2.38. The zero-order valence-electron chi connectivity index (χ0n) is 20.1. The molecule has 1 unspecified atom stereocenters. The van der Waals surface area contributed by atoms with Crippen molar-refractivity contribution in [3.05, 3.63) is 95.9 Å². The number of hydrogen-bond acceptors (Lipinski definition) is 6. The molecule has 218 valence electrons. The van der Waals surface area contributed by atoms with Crippen LogP contribution >= 0.6 is 0 Å². The Balaban J connectivity index is 0.000000349. The molecular weight excluding hydrogens is 574 g/mol. The Kier molecular flexibility index (Phi) is 10.5. The number of phenols is 1. The Morgan fingerprint density at radius 3 is 1.90 bits per heavy atom. The van der Waals surface area contributed by atoms with Crippen LogP contribution in [-0.4, -0.2) is 49.6 Å². The standard InChI is InChI=1S/C21H15F2N3O.2C2HF3O2/c22-17-8-6-14(11-18(17)23)19(26-15-4-2-9-24-12-15)16-7-5-13-3-1-10-25-20(13)21(16)27;2*3-2(4,5)1(6)7/h1-12,19,26-27H;2*(H,6,7). The third kappa shape index (κ3) is 9.29. The maximum atomic E-state index is 13.9. The molecule has 41 heavy (non-hydrogen) atoms. The molecule has 0 aliphatic heterocycles. The predicted molar refractivity (Wildman–Crippen MR) is 127 cm³/mol. The van der Waals surface area contributed by atoms with Crippen LogP contribution in [0.2, 0.25) is 0 Å². The average Bonchev–Trinajstić information content (AvgIpc) is 2.90. The molecule has 4 N–H and O–H groups in total. The first-order valence-electron chi connectivity index (χ1n) is 10.8. The molecule has 8 nitrogen and oxygen atoms in total. The molecular formula is C25H17F8N3O5. The lowest BCUT2D eigenvalue weighted by atomic mass is 9.96. The van der Waals surface area contributed by atoms with Crippen LogP contribution in [0, 0.1) is 11.6 Å². The van der Waals surface area contributed by atoms with Gasteiger partial charge in [-0.3, -0.25) is 9.97 Å². The third-order valence-electron chi connectivity index (χ3n) is 4.82. The number of alkyl halides is 6. The number of hydrogen-bond donors (Lipinski definition) is 4. The summed E-state index contributed by atoms with van der Waals surface area (Å²) < 4.78 is 90.7. The molecule has 0 fully saturated rings. The quantitative estimate of drug-likeness (QED) is 0.210. The van der Waals surface area contributed by atoms with E-state index >= 15 is 0 Å². The summed E-state index contributed by atoms with van der Waals surface area (Å²) >= 11 is 0. The number of nitrogens with zero attached hydrogens (tertiary/aromatic N) is 2. The lowest BCUT2D eigenvalue weighted by molar-refractivity contribution is -0.193. The van der Waals surface area contributed by atoms with Crippen molar-refractivity contribution < 1.29 is 60.0 Å². The molecule has 16 heteroatoms. The Hall–Kier alpha value is -5.02. The number of rotatable bonds is 4. The van der Waals surface area contributed by atoms with Gasteiger partial charge in [0.2, 0.25) is 0 Å². The molecule has 0 radical (unpaired) electrons. The van der Waals surface area contributed by atoms with Crippen molar-refractivity contribution in [1.82, 2.24) is 9.97 Å². The van der Waals surface area contributed by atoms with Gasteiger partial charge in [-0.15, -0.1) is 0 Å². The highest BCUT2D eigenvalue weighted by molar-refractivity contribution is 5.86. The Labute approximate surface area is 224 Å². The third-order valence-corrected chi connectivity index (χ3v) is 4.82. The smallest absolute Gasteiger partial charge is 0.490 e. The number of halogens is 8. The van der Waals surface area contributed by atoms with E-state index in [1.165, 1.54) is 6.07 Å². The summed E-state index contributed by atoms with van der Waals surface area (Å²) in [6, 6.07) is 13.8. The number of carboxylic acids is 2. The molecule has 0 aliphatic rings. The van der Waals surface area contributed by atoms with E-state index in [2.05, 4.69) is 15.3 Å². The van der Waals surface area contributed by atoms with Crippen molar-refractivity contribution in [3.63, 3.8) is 0 Å². The minimum Gasteiger partial charge on any atom is -0.505 e. The lowest BCUT2D eigenvalue weighted by Crippen LogP contribution is -2.21. The van der Waals surface area contributed by atoms with Gasteiger partial charge in [-0.2, -0.15) is 26.3 Å². The van der Waals surface area contributed by atoms with Gasteiger partial charge in [0.25, 0.3) is 0 Å². The van der Waals surface area contributed by atoms with Gasteiger partial charge >= 0.3 is 24.3 Å². The number of nitrogens with one attached hydrogen (secondary N) is 1. The van der Waals surface area contributed by atoms with E-state index < -0.39 is 42.0 Å². The number of benzene rings is 2. The predicted octanol–water partition coefficient (Wildman–Crippen LogP) is 6.08. The molecule has 2 aromatic carbocycles. The lowest BCUT2D eigenvalue weighted by Gasteiger charge is -2.22. The summed E-state index contributed by atoms with van der Waals surface area (Å²) in [5.74, 6) is -7.41. The van der Waals surface area contributed by atoms with Crippen molar-refractivity contribution in [2.24, 2.45) is 0 Å². The van der Waals surface area contributed by atoms with Crippen LogP contribution in [0.4, 0.5) is 40.8 Å². The van der Waals surface area contributed by atoms with Crippen LogP contribution in [0.25, 0.3) is 10.9 Å². The molecule has 1 atom stereocenters. The topological polar surface area (TPSA) is 133 Å². The zero-order valence-corrected chi connectivity index (χ0v) is 20.1. The summed E-state index contributed by atoms with van der Waals surface area (Å²) in [4.78, 5) is 26.1. The van der Waals surface area contributed by atoms with E-state index in [9.17, 15) is 40.2 Å². The van der Waals surface area contributed by atoms with Gasteiger partial charge < -0.3 is 20.6 Å². The Bertz CT molecular complexity index is 1470. The Morgan fingerprint density at radius 1 is 0.805 bits per heavy atom. The normalized spacial score (nSPS) is 11.8. The number of fused-ring (bicyclic) bond motifs is 1. The van der Waals surface area contributed by atoms with Gasteiger partial charge in [0.15, 0.2) is 11.6 Å². The fraction of sp³-hybridized carbons (Fsp3) is 0.120. The fourth-order valence-corrected chi connectivity index (χ4v) is 3.03. The summed E-state index contributed by atoms with van der Waals surface area (Å²) in [5, 5.41) is 29.1. The minimum absolute atomic E-state index is 0.0146. The zero-order chi connectivity index (χ0) is 31.0. The van der Waals surface area contributed by atoms with Crippen LogP contribution in [0.3, 0.4) is 0 Å². The maximum absolute atomic E-state index is 13.9. The fourth-order valence-electron chi connectivity index (χ4n) is 3.03. The van der Waals surface area contributed by atoms with E-state index in [0.29, 0.717) is 22.3 Å². The largest absolute Gasteiger partial charge is 0.505 e. The van der Waals surface area contributed by atoms with E-state index in [4.69, 9.17) is 19.8 Å². The van der Waals surface area contributed by atoms with Gasteiger partial charge in [0, 0.05) is 29.5 Å². The van der Waals surface area contributed by atoms with Gasteiger partial charge in [-0.25, -0.2) is 18.4 Å². The van der Waals surface area contributed by atoms with Crippen molar-refractivity contribution >= 4 is 28.5 Å². The van der Waals surface area contributed by atoms with Crippen LogP contribution in [0.5, 0.6) is 5.75 Å². The number of aromatic nitrogens is 2. The second-order valence-electron chi connectivity index (χ2n) is 7.68. The molecule has 0 spiro atoms. The number of aromatic hydroxyl groups is 1. The number of aliphatic carboxylic acids is 2. The summed E-state index contributed by atoms with van der Waals surface area (Å²) in [6.45, 7) is 0. The first-order valence-corrected chi connectivity index (χ1v) is 10.8. The van der Waals surface area contributed by atoms with E-state index in [1.54, 1.807) is 42.9 Å². The van der Waals surface area contributed by atoms with Crippen LogP contribution in [0.15, 0.2) is 73.2 Å². The van der Waals surface area contributed by atoms with Crippen LogP contribution < -0.4 is 5.32 Å². The highest BCUT2D eigenvalue weighted by Crippen LogP contribution is 2.36. The van der Waals surface area contributed by atoms with Gasteiger partial charge in [0.1, 0.15) is 11.3 Å². The Morgan fingerprint density at radius 2 is 1.39 bits per heavy atom. The number of phenolic OH excluding ortho intramolecular Hbond substituents is 1. The van der Waals surface area contributed by atoms with Crippen molar-refractivity contribution in [2.45, 2.75) is 18.4 Å². The molecule has 4 aromatic rings. The number of carboxylic acid groups (broad SMARTS) is 2. The molecule has 0 aliphatic carbocycles. The number of carbonyl (C=O) groups is 2. The van der Waals surface area contributed by atoms with Crippen LogP contribution in [-0.2, 0) is 9.59 Å². The monoisotopic (exact) mass is 591 g/mol. The SMILES string of the molecule is O=C(O)C(F)(F)F.O=C(O)C(F)(F)F.Oc1c(C(Nc2cccnc2)c2ccc(F)c(F)c2)ccc2cccnc12. The highest BCUT2D eigenvalue weighted by atomic mass is 19.4. The minimum atomic E-state index is -5.08. The van der Waals surface area contributed by atoms with Gasteiger partial charge in [-0.05, 0) is 35.9 Å². The number of anilines is 1. The molecule has 0 saturated carbocycles. The molecule has 0 amide bonds. The summed E-state index contributed by atoms with van der Waals surface area (Å²) in [6.07, 6.45) is -5.33. The van der Waals surface area contributed by atoms with E-state index in [1.807, 2.05) is 12.1 Å². The van der Waals surface area contributed by atoms with Gasteiger partial charge in [0.05, 0.1) is 11.7 Å². The van der Waals surface area contributed by atoms with Crippen molar-refractivity contribution in [2.75, 3.05) is 5.32 Å². The maximum Gasteiger partial charge on any atom is 0.490 e. The molecule has 0 saturated heterocycles. The van der Waals surface area contributed by atoms with Crippen molar-refractivity contribution in [3.8, 4) is 5.75 Å². The second kappa shape index (κ2) is 13.4. The average molecular weight is 591 g/mol. The van der Waals surface area contributed by atoms with E-state index in [-0.39, 0.29) is 5.75 Å². The second-order valence-corrected chi connectivity index (χ2v) is 7.68. The summed E-state index contributed by atoms with van der Waals surface area (Å²) in [7, 11) is 0. The van der Waals surface area contributed by atoms with Gasteiger partial charge in [-0.1, -0.05) is 24.3 Å². The number of pyridine rings is 2. The molecule has 4 rings (SSSR count). The molecule has 0 bridgehead atoms. The van der Waals surface area contributed by atoms with Crippen LogP contribution in [0.1, 0.15) is 17.2 Å². The molecule has 2 heterocycles. The first kappa shape index (κ1) is 32.2. The first-order chi connectivity index (χ1) is 19.0. The van der Waals surface area contributed by atoms with Crippen molar-refractivity contribution in [1.29, 1.82) is 0 Å². The summed E-state index contributed by atoms with van der Waals surface area (Å²) in [5.41, 5.74) is 2.07.